The van der Waals surface area contributed by atoms with Gasteiger partial charge in [0, 0.05) is 20.3 Å². The fourth-order valence-corrected chi connectivity index (χ4v) is 0.460. The Morgan fingerprint density at radius 3 is 2.21 bits per heavy atom. The zero-order chi connectivity index (χ0) is 11.0. The second-order valence-corrected chi connectivity index (χ2v) is 2.48. The molecular weight excluding hydrogens is 188 g/mol. The Bertz CT molecular complexity index is 271. The van der Waals surface area contributed by atoms with E-state index in [-0.39, 0.29) is 0 Å². The van der Waals surface area contributed by atoms with Gasteiger partial charge in [-0.25, -0.2) is 9.59 Å². The lowest BCUT2D eigenvalue weighted by Crippen LogP contribution is -1.99. The number of hydrogen-bond donors (Lipinski definition) is 0. The Balaban J connectivity index is 3.77. The van der Waals surface area contributed by atoms with Crippen LogP contribution in [0.3, 0.4) is 0 Å². The van der Waals surface area contributed by atoms with E-state index in [2.05, 4.69) is 20.0 Å². The van der Waals surface area contributed by atoms with E-state index >= 15 is 0 Å². The quantitative estimate of drug-likeness (QED) is 0.383. The van der Waals surface area contributed by atoms with E-state index in [1.54, 1.807) is 6.92 Å². The molecule has 0 atom stereocenters. The van der Waals surface area contributed by atoms with Gasteiger partial charge in [-0.2, -0.15) is 0 Å². The molecule has 0 amide bonds. The summed E-state index contributed by atoms with van der Waals surface area (Å²) in [6, 6.07) is 0. The van der Waals surface area contributed by atoms with Crippen LogP contribution in [0.4, 0.5) is 0 Å². The monoisotopic (exact) mass is 200 g/mol. The van der Waals surface area contributed by atoms with Crippen LogP contribution in [0.15, 0.2) is 10.3 Å². The van der Waals surface area contributed by atoms with Crippen molar-refractivity contribution < 1.29 is 19.3 Å². The van der Waals surface area contributed by atoms with E-state index in [4.69, 9.17) is 0 Å². The van der Waals surface area contributed by atoms with Crippen molar-refractivity contribution >= 4 is 23.9 Å². The van der Waals surface area contributed by atoms with Crippen LogP contribution in [-0.2, 0) is 19.3 Å². The Morgan fingerprint density at radius 1 is 1.14 bits per heavy atom. The van der Waals surface area contributed by atoms with E-state index in [9.17, 15) is 9.59 Å². The maximum absolute atomic E-state index is 10.3. The summed E-state index contributed by atoms with van der Waals surface area (Å²) in [5.74, 6) is -0.975. The van der Waals surface area contributed by atoms with Crippen LogP contribution in [0.25, 0.3) is 0 Å². The van der Waals surface area contributed by atoms with E-state index in [0.29, 0.717) is 12.1 Å². The Hall–Kier alpha value is -1.72. The van der Waals surface area contributed by atoms with Gasteiger partial charge in [-0.15, -0.1) is 0 Å². The zero-order valence-corrected chi connectivity index (χ0v) is 8.31. The van der Waals surface area contributed by atoms with Gasteiger partial charge >= 0.3 is 11.9 Å². The molecular formula is C8H12N2O4. The van der Waals surface area contributed by atoms with Crippen LogP contribution in [-0.4, -0.2) is 23.9 Å². The molecule has 0 bridgehead atoms. The van der Waals surface area contributed by atoms with E-state index in [1.165, 1.54) is 20.1 Å². The maximum atomic E-state index is 10.3. The highest BCUT2D eigenvalue weighted by Gasteiger charge is 1.93. The van der Waals surface area contributed by atoms with Gasteiger partial charge in [-0.05, 0) is 6.92 Å². The van der Waals surface area contributed by atoms with Gasteiger partial charge in [0.1, 0.15) is 0 Å². The van der Waals surface area contributed by atoms with Crippen molar-refractivity contribution in [2.75, 3.05) is 0 Å². The topological polar surface area (TPSA) is 77.3 Å². The standard InChI is InChI=1S/C8H12N2O4/c1-6(10-14-8(3)12)4-5-9-13-7(2)11/h5H,4H2,1-3H3. The third-order valence-electron chi connectivity index (χ3n) is 0.973. The minimum absolute atomic E-state index is 0.348. The molecule has 0 radical (unpaired) electrons. The Labute approximate surface area is 81.5 Å². The summed E-state index contributed by atoms with van der Waals surface area (Å²) < 4.78 is 0. The molecule has 0 saturated carbocycles. The molecule has 0 aromatic carbocycles. The third kappa shape index (κ3) is 8.38. The molecule has 0 rings (SSSR count). The van der Waals surface area contributed by atoms with Gasteiger partial charge in [0.15, 0.2) is 0 Å². The first-order valence-electron chi connectivity index (χ1n) is 3.93. The smallest absolute Gasteiger partial charge is 0.319 e. The SMILES string of the molecule is CC(=O)ON=CCC(C)=NOC(C)=O. The second kappa shape index (κ2) is 6.76. The molecule has 0 saturated heterocycles. The molecule has 0 aliphatic rings. The van der Waals surface area contributed by atoms with Crippen molar-refractivity contribution in [1.29, 1.82) is 0 Å². The molecule has 0 aliphatic heterocycles. The lowest BCUT2D eigenvalue weighted by atomic mass is 10.3. The fourth-order valence-electron chi connectivity index (χ4n) is 0.460. The fraction of sp³-hybridized carbons (Fsp3) is 0.500. The van der Waals surface area contributed by atoms with Gasteiger partial charge in [0.2, 0.25) is 0 Å². The van der Waals surface area contributed by atoms with E-state index in [0.717, 1.165) is 0 Å². The summed E-state index contributed by atoms with van der Waals surface area (Å²) in [4.78, 5) is 29.3. The molecule has 0 heterocycles. The molecule has 0 N–H and O–H groups in total. The molecule has 0 fully saturated rings. The van der Waals surface area contributed by atoms with Crippen molar-refractivity contribution in [3.63, 3.8) is 0 Å². The first-order chi connectivity index (χ1) is 6.52. The minimum atomic E-state index is -0.490. The van der Waals surface area contributed by atoms with Crippen LogP contribution in [0.5, 0.6) is 0 Å². The summed E-state index contributed by atoms with van der Waals surface area (Å²) >= 11 is 0. The van der Waals surface area contributed by atoms with E-state index in [1.807, 2.05) is 0 Å². The molecule has 0 spiro atoms. The lowest BCUT2D eigenvalue weighted by Gasteiger charge is -1.93. The van der Waals surface area contributed by atoms with Gasteiger partial charge in [0.05, 0.1) is 11.9 Å². The molecule has 6 heteroatoms. The maximum Gasteiger partial charge on any atom is 0.331 e. The van der Waals surface area contributed by atoms with Crippen molar-refractivity contribution in [3.05, 3.63) is 0 Å². The van der Waals surface area contributed by atoms with Crippen LogP contribution >= 0.6 is 0 Å². The Kier molecular flexibility index (Phi) is 5.93. The number of hydrogen-bond acceptors (Lipinski definition) is 6. The molecule has 0 unspecified atom stereocenters. The third-order valence-corrected chi connectivity index (χ3v) is 0.973. The highest BCUT2D eigenvalue weighted by Crippen LogP contribution is 1.87. The minimum Gasteiger partial charge on any atom is -0.319 e. The average molecular weight is 200 g/mol. The van der Waals surface area contributed by atoms with E-state index < -0.39 is 11.9 Å². The molecule has 0 aromatic heterocycles. The van der Waals surface area contributed by atoms with Crippen LogP contribution in [0.1, 0.15) is 27.2 Å². The van der Waals surface area contributed by atoms with Crippen LogP contribution in [0.2, 0.25) is 0 Å². The Morgan fingerprint density at radius 2 is 1.71 bits per heavy atom. The highest BCUT2D eigenvalue weighted by atomic mass is 16.7. The van der Waals surface area contributed by atoms with Gasteiger partial charge in [-0.3, -0.25) is 0 Å². The van der Waals surface area contributed by atoms with Gasteiger partial charge in [-0.1, -0.05) is 10.3 Å². The van der Waals surface area contributed by atoms with Gasteiger partial charge in [0.25, 0.3) is 0 Å². The second-order valence-electron chi connectivity index (χ2n) is 2.48. The van der Waals surface area contributed by atoms with Crippen LogP contribution in [0, 0.1) is 0 Å². The lowest BCUT2D eigenvalue weighted by molar-refractivity contribution is -0.141. The average Bonchev–Trinajstić information content (AvgIpc) is 2.08. The summed E-state index contributed by atoms with van der Waals surface area (Å²) in [6.45, 7) is 4.16. The molecule has 0 aliphatic carbocycles. The first kappa shape index (κ1) is 12.3. The molecule has 0 aromatic rings. The molecule has 78 valence electrons. The summed E-state index contributed by atoms with van der Waals surface area (Å²) in [7, 11) is 0. The predicted octanol–water partition coefficient (Wildman–Crippen LogP) is 0.864. The predicted molar refractivity (Wildman–Crippen MR) is 49.8 cm³/mol. The first-order valence-corrected chi connectivity index (χ1v) is 3.93. The summed E-state index contributed by atoms with van der Waals surface area (Å²) in [5.41, 5.74) is 0.552. The normalized spacial score (nSPS) is 11.5. The van der Waals surface area contributed by atoms with Crippen molar-refractivity contribution in [3.8, 4) is 0 Å². The number of nitrogens with zero attached hydrogens (tertiary/aromatic N) is 2. The summed E-state index contributed by atoms with van der Waals surface area (Å²) in [5, 5.41) is 6.82. The number of carbonyl (C=O) groups is 2. The van der Waals surface area contributed by atoms with Gasteiger partial charge < -0.3 is 9.68 Å². The van der Waals surface area contributed by atoms with Crippen LogP contribution < -0.4 is 0 Å². The zero-order valence-electron chi connectivity index (χ0n) is 8.31. The van der Waals surface area contributed by atoms with Crippen molar-refractivity contribution in [2.45, 2.75) is 27.2 Å². The van der Waals surface area contributed by atoms with Crippen molar-refractivity contribution in [2.24, 2.45) is 10.3 Å². The van der Waals surface area contributed by atoms with Crippen molar-refractivity contribution in [1.82, 2.24) is 0 Å². The largest absolute Gasteiger partial charge is 0.331 e. The molecule has 6 nitrogen and oxygen atoms in total. The number of carbonyl (C=O) groups excluding carboxylic acids is 2. The summed E-state index contributed by atoms with van der Waals surface area (Å²) in [6.07, 6.45) is 1.70. The highest BCUT2D eigenvalue weighted by molar-refractivity contribution is 5.93. The number of oxime groups is 2. The molecule has 14 heavy (non-hydrogen) atoms. The number of rotatable bonds is 4.